The lowest BCUT2D eigenvalue weighted by molar-refractivity contribution is -0.141. The first-order valence-electron chi connectivity index (χ1n) is 14.5. The van der Waals surface area contributed by atoms with E-state index in [4.69, 9.17) is 11.6 Å². The molecule has 0 saturated heterocycles. The molecule has 0 spiro atoms. The van der Waals surface area contributed by atoms with Crippen LogP contribution < -0.4 is 0 Å². The summed E-state index contributed by atoms with van der Waals surface area (Å²) in [5, 5.41) is 23.0. The molecule has 7 heteroatoms. The van der Waals surface area contributed by atoms with Crippen molar-refractivity contribution >= 4 is 53.3 Å². The minimum Gasteiger partial charge on any atom is -0.469 e. The highest BCUT2D eigenvalue weighted by Gasteiger charge is 2.43. The Labute approximate surface area is 265 Å². The van der Waals surface area contributed by atoms with E-state index in [1.807, 2.05) is 91.0 Å². The van der Waals surface area contributed by atoms with E-state index in [1.54, 1.807) is 13.8 Å². The molecule has 0 radical (unpaired) electrons. The van der Waals surface area contributed by atoms with Crippen LogP contribution in [0.3, 0.4) is 0 Å². The lowest BCUT2D eigenvalue weighted by atomic mass is 9.90. The number of hydrogen-bond acceptors (Lipinski definition) is 6. The van der Waals surface area contributed by atoms with E-state index in [1.165, 1.54) is 7.11 Å². The Balaban J connectivity index is 0.000000359. The fraction of sp³-hybridized carbons (Fsp3) is 0.333. The molecule has 0 unspecified atom stereocenters. The van der Waals surface area contributed by atoms with Crippen molar-refractivity contribution in [3.05, 3.63) is 112 Å². The van der Waals surface area contributed by atoms with Crippen LogP contribution in [-0.4, -0.2) is 34.0 Å². The van der Waals surface area contributed by atoms with Crippen LogP contribution in [0.15, 0.2) is 78.9 Å². The molecule has 4 aromatic rings. The molecule has 1 fully saturated rings. The van der Waals surface area contributed by atoms with Crippen LogP contribution in [0.1, 0.15) is 73.6 Å². The Morgan fingerprint density at radius 1 is 1.07 bits per heavy atom. The smallest absolute Gasteiger partial charge is 0.306 e. The van der Waals surface area contributed by atoms with E-state index in [9.17, 15) is 15.0 Å². The summed E-state index contributed by atoms with van der Waals surface area (Å²) in [4.78, 5) is 15.4. The van der Waals surface area contributed by atoms with Gasteiger partial charge in [0.1, 0.15) is 0 Å². The zero-order valence-electron chi connectivity index (χ0n) is 25.0. The van der Waals surface area contributed by atoms with Gasteiger partial charge in [-0.25, -0.2) is 4.98 Å². The predicted octanol–water partition coefficient (Wildman–Crippen LogP) is 8.21. The molecule has 5 nitrogen and oxygen atoms in total. The first kappa shape index (κ1) is 32.7. The van der Waals surface area contributed by atoms with Gasteiger partial charge in [0.25, 0.3) is 0 Å². The van der Waals surface area contributed by atoms with Crippen molar-refractivity contribution in [1.82, 2.24) is 4.98 Å². The second-order valence-electron chi connectivity index (χ2n) is 11.8. The maximum absolute atomic E-state index is 10.8. The maximum atomic E-state index is 10.8. The van der Waals surface area contributed by atoms with Crippen LogP contribution in [-0.2, 0) is 21.6 Å². The molecule has 0 aliphatic heterocycles. The number of carbonyl (C=O) groups is 1. The molecule has 226 valence electrons. The van der Waals surface area contributed by atoms with E-state index in [0.29, 0.717) is 24.3 Å². The summed E-state index contributed by atoms with van der Waals surface area (Å²) in [6.07, 6.45) is 7.45. The van der Waals surface area contributed by atoms with E-state index < -0.39 is 11.7 Å². The van der Waals surface area contributed by atoms with Gasteiger partial charge < -0.3 is 14.9 Å². The number of esters is 1. The monoisotopic (exact) mass is 617 g/mol. The van der Waals surface area contributed by atoms with Crippen LogP contribution in [0.2, 0.25) is 5.02 Å². The number of thiol groups is 1. The second-order valence-corrected chi connectivity index (χ2v) is 12.5. The van der Waals surface area contributed by atoms with E-state index in [2.05, 4.69) is 22.3 Å². The largest absolute Gasteiger partial charge is 0.469 e. The summed E-state index contributed by atoms with van der Waals surface area (Å²) in [5.41, 5.74) is 4.83. The quantitative estimate of drug-likeness (QED) is 0.123. The molecule has 3 aromatic carbocycles. The third kappa shape index (κ3) is 9.41. The zero-order chi connectivity index (χ0) is 31.0. The van der Waals surface area contributed by atoms with E-state index in [-0.39, 0.29) is 11.4 Å². The summed E-state index contributed by atoms with van der Waals surface area (Å²) < 4.78 is 4.56. The minimum absolute atomic E-state index is 0.105. The number of halogens is 1. The van der Waals surface area contributed by atoms with Gasteiger partial charge in [-0.15, -0.1) is 0 Å². The normalized spacial score (nSPS) is 14.7. The average Bonchev–Trinajstić information content (AvgIpc) is 3.78. The molecular formula is C36H40ClNO4S. The van der Waals surface area contributed by atoms with Gasteiger partial charge in [0.2, 0.25) is 0 Å². The van der Waals surface area contributed by atoms with Crippen molar-refractivity contribution in [2.24, 2.45) is 5.41 Å². The average molecular weight is 618 g/mol. The number of fused-ring (bicyclic) bond motifs is 1. The van der Waals surface area contributed by atoms with Crippen LogP contribution in [0.5, 0.6) is 0 Å². The van der Waals surface area contributed by atoms with E-state index >= 15 is 0 Å². The molecule has 43 heavy (non-hydrogen) atoms. The number of ether oxygens (including phenoxy) is 1. The topological polar surface area (TPSA) is 79.7 Å². The van der Waals surface area contributed by atoms with Gasteiger partial charge >= 0.3 is 5.97 Å². The zero-order valence-corrected chi connectivity index (χ0v) is 26.6. The standard InChI is InChI=1S/C29H28ClNO2.C7H12O2S/c1-29(2,33)26-9-4-3-7-21(26)13-17-28(32)23-8-5-6-20(18-23)10-15-25-16-12-22-11-14-24(30)19-27(22)31-25;1-9-6(8)4-7(5-10)2-3-7/h3-12,14-16,18-19,28,32-33H,13,17H2,1-2H3;10H,2-5H2,1H3/b15-10+;/t28-;/m0./s1. The molecule has 1 saturated carbocycles. The highest BCUT2D eigenvalue weighted by molar-refractivity contribution is 7.80. The van der Waals surface area contributed by atoms with Gasteiger partial charge in [-0.3, -0.25) is 4.79 Å². The van der Waals surface area contributed by atoms with Crippen molar-refractivity contribution in [1.29, 1.82) is 0 Å². The second kappa shape index (κ2) is 14.5. The summed E-state index contributed by atoms with van der Waals surface area (Å²) >= 11 is 10.3. The Kier molecular flexibility index (Phi) is 11.1. The Hall–Kier alpha value is -3.16. The molecular weight excluding hydrogens is 578 g/mol. The molecule has 1 aliphatic carbocycles. The summed E-state index contributed by atoms with van der Waals surface area (Å²) in [6, 6.07) is 25.5. The minimum atomic E-state index is -0.908. The Morgan fingerprint density at radius 2 is 1.81 bits per heavy atom. The molecule has 1 aliphatic rings. The van der Waals surface area contributed by atoms with Gasteiger partial charge in [0.15, 0.2) is 0 Å². The third-order valence-electron chi connectivity index (χ3n) is 7.82. The number of pyridine rings is 1. The number of aliphatic hydroxyl groups is 2. The van der Waals surface area contributed by atoms with Crippen molar-refractivity contribution < 1.29 is 19.7 Å². The molecule has 0 amide bonds. The van der Waals surface area contributed by atoms with Crippen LogP contribution >= 0.6 is 24.2 Å². The van der Waals surface area contributed by atoms with Crippen molar-refractivity contribution in [3.63, 3.8) is 0 Å². The number of carbonyl (C=O) groups excluding carboxylic acids is 1. The molecule has 5 rings (SSSR count). The lowest BCUT2D eigenvalue weighted by Gasteiger charge is -2.22. The number of methoxy groups -OCH3 is 1. The number of aliphatic hydroxyl groups excluding tert-OH is 1. The van der Waals surface area contributed by atoms with Gasteiger partial charge in [-0.1, -0.05) is 72.3 Å². The number of hydrogen-bond donors (Lipinski definition) is 3. The van der Waals surface area contributed by atoms with Crippen molar-refractivity contribution in [3.8, 4) is 0 Å². The molecule has 1 heterocycles. The first-order chi connectivity index (χ1) is 20.5. The summed E-state index contributed by atoms with van der Waals surface area (Å²) in [6.45, 7) is 3.58. The van der Waals surface area contributed by atoms with Gasteiger partial charge in [0, 0.05) is 10.4 Å². The van der Waals surface area contributed by atoms with Crippen LogP contribution in [0.25, 0.3) is 23.1 Å². The lowest BCUT2D eigenvalue weighted by Crippen LogP contribution is -2.18. The maximum Gasteiger partial charge on any atom is 0.306 e. The number of aryl methyl sites for hydroxylation is 1. The third-order valence-corrected chi connectivity index (χ3v) is 8.73. The highest BCUT2D eigenvalue weighted by atomic mass is 35.5. The molecule has 2 N–H and O–H groups in total. The van der Waals surface area contributed by atoms with Crippen LogP contribution in [0.4, 0.5) is 0 Å². The summed E-state index contributed by atoms with van der Waals surface area (Å²) in [5.74, 6) is 0.703. The van der Waals surface area contributed by atoms with Gasteiger partial charge in [-0.05, 0) is 103 Å². The van der Waals surface area contributed by atoms with Gasteiger partial charge in [0.05, 0.1) is 36.4 Å². The van der Waals surface area contributed by atoms with E-state index in [0.717, 1.165) is 57.4 Å². The molecule has 1 aromatic heterocycles. The highest BCUT2D eigenvalue weighted by Crippen LogP contribution is 2.49. The number of rotatable bonds is 10. The van der Waals surface area contributed by atoms with Gasteiger partial charge in [-0.2, -0.15) is 12.6 Å². The Bertz CT molecular complexity index is 1580. The van der Waals surface area contributed by atoms with Crippen LogP contribution in [0, 0.1) is 5.41 Å². The van der Waals surface area contributed by atoms with Crippen molar-refractivity contribution in [2.75, 3.05) is 12.9 Å². The first-order valence-corrected chi connectivity index (χ1v) is 15.5. The Morgan fingerprint density at radius 3 is 2.51 bits per heavy atom. The molecule has 0 bridgehead atoms. The fourth-order valence-electron chi connectivity index (χ4n) is 4.99. The number of aromatic nitrogens is 1. The predicted molar refractivity (Wildman–Crippen MR) is 179 cm³/mol. The molecule has 1 atom stereocenters. The SMILES string of the molecule is CC(C)(O)c1ccccc1CC[C@H](O)c1cccc(/C=C/c2ccc3ccc(Cl)cc3n2)c1.COC(=O)CC1(CS)CC1. The number of benzene rings is 3. The van der Waals surface area contributed by atoms with Crippen molar-refractivity contribution in [2.45, 2.75) is 57.7 Å². The fourth-order valence-corrected chi connectivity index (χ4v) is 5.58. The number of nitrogens with zero attached hydrogens (tertiary/aromatic N) is 1. The summed E-state index contributed by atoms with van der Waals surface area (Å²) in [7, 11) is 1.43.